The Kier molecular flexibility index (Phi) is 11.6. The highest BCUT2D eigenvalue weighted by Crippen LogP contribution is 2.00. The van der Waals surface area contributed by atoms with Crippen LogP contribution in [0.5, 0.6) is 0 Å². The van der Waals surface area contributed by atoms with Gasteiger partial charge in [0.25, 0.3) is 0 Å². The van der Waals surface area contributed by atoms with Gasteiger partial charge in [-0.1, -0.05) is 0 Å². The van der Waals surface area contributed by atoms with Gasteiger partial charge >= 0.3 is 5.97 Å². The first kappa shape index (κ1) is 26.7. The van der Waals surface area contributed by atoms with Gasteiger partial charge < -0.3 is 43.2 Å². The number of aliphatic imine (C=N–C) groups is 1. The first-order valence-corrected chi connectivity index (χ1v) is 10.3. The van der Waals surface area contributed by atoms with Crippen molar-refractivity contribution in [1.82, 2.24) is 25.9 Å². The summed E-state index contributed by atoms with van der Waals surface area (Å²) in [5.74, 6) is -3.30. The first-order valence-electron chi connectivity index (χ1n) is 9.63. The number of hydrogen-bond donors (Lipinski definition) is 9. The van der Waals surface area contributed by atoms with Crippen LogP contribution < -0.4 is 33.2 Å². The smallest absolute Gasteiger partial charge is 0.326 e. The summed E-state index contributed by atoms with van der Waals surface area (Å²) in [6.07, 6.45) is 3.57. The number of amides is 3. The molecule has 0 saturated heterocycles. The van der Waals surface area contributed by atoms with E-state index in [4.69, 9.17) is 17.2 Å². The molecule has 0 radical (unpaired) electrons. The van der Waals surface area contributed by atoms with Crippen molar-refractivity contribution in [2.45, 2.75) is 37.4 Å². The van der Waals surface area contributed by atoms with Gasteiger partial charge in [-0.15, -0.1) is 0 Å². The van der Waals surface area contributed by atoms with Crippen molar-refractivity contribution in [3.63, 3.8) is 0 Å². The van der Waals surface area contributed by atoms with Crippen LogP contribution in [0.4, 0.5) is 0 Å². The van der Waals surface area contributed by atoms with Crippen LogP contribution in [0.3, 0.4) is 0 Å². The van der Waals surface area contributed by atoms with Crippen molar-refractivity contribution in [2.75, 3.05) is 18.8 Å². The fraction of sp³-hybridized carbons (Fsp3) is 0.529. The zero-order valence-electron chi connectivity index (χ0n) is 17.3. The summed E-state index contributed by atoms with van der Waals surface area (Å²) in [5, 5.41) is 16.3. The van der Waals surface area contributed by atoms with Crippen molar-refractivity contribution < 1.29 is 24.3 Å². The highest BCUT2D eigenvalue weighted by atomic mass is 32.1. The number of hydrogen-bond acceptors (Lipinski definition) is 8. The normalized spacial score (nSPS) is 13.3. The predicted molar refractivity (Wildman–Crippen MR) is 119 cm³/mol. The summed E-state index contributed by atoms with van der Waals surface area (Å²) in [6, 6.07) is -3.14. The maximum absolute atomic E-state index is 12.3. The number of carbonyl (C=O) groups excluding carboxylic acids is 3. The number of aromatic nitrogens is 2. The largest absolute Gasteiger partial charge is 0.480 e. The number of nitrogens with zero attached hydrogens (tertiary/aromatic N) is 2. The number of aromatic amines is 1. The average molecular weight is 472 g/mol. The molecule has 1 heterocycles. The minimum absolute atomic E-state index is 0.00852. The number of carboxylic acid groups (broad SMARTS) is 1. The molecule has 0 saturated carbocycles. The van der Waals surface area contributed by atoms with E-state index < -0.39 is 48.4 Å². The number of carboxylic acids is 1. The van der Waals surface area contributed by atoms with E-state index in [0.717, 1.165) is 0 Å². The Morgan fingerprint density at radius 3 is 2.47 bits per heavy atom. The molecule has 0 aromatic carbocycles. The summed E-state index contributed by atoms with van der Waals surface area (Å²) in [5.41, 5.74) is 16.7. The third-order valence-corrected chi connectivity index (χ3v) is 4.52. The Bertz CT molecular complexity index is 798. The van der Waals surface area contributed by atoms with Crippen LogP contribution in [0, 0.1) is 0 Å². The van der Waals surface area contributed by atoms with Gasteiger partial charge in [-0.25, -0.2) is 9.78 Å². The number of nitrogens with one attached hydrogen (secondary N) is 4. The van der Waals surface area contributed by atoms with Crippen LogP contribution in [0.15, 0.2) is 17.5 Å². The standard InChI is InChI=1S/C17H29N9O5S/c18-10(2-1-3-22-17(19)20)14(28)26-12(7-32)15(29)23-6-13(27)25-11(16(30)31)4-9-5-21-8-24-9/h5,8,10-12,32H,1-4,6-7,18H2,(H,21,24)(H,23,29)(H,25,27)(H,26,28)(H,30,31)(H4,19,20,22). The second-order valence-corrected chi connectivity index (χ2v) is 7.12. The number of rotatable bonds is 14. The third-order valence-electron chi connectivity index (χ3n) is 4.16. The number of imidazole rings is 1. The molecule has 1 aromatic heterocycles. The lowest BCUT2D eigenvalue weighted by molar-refractivity contribution is -0.141. The quantitative estimate of drug-likeness (QED) is 0.0563. The minimum atomic E-state index is -1.24. The Morgan fingerprint density at radius 2 is 1.91 bits per heavy atom. The highest BCUT2D eigenvalue weighted by molar-refractivity contribution is 7.80. The molecule has 0 fully saturated rings. The molecule has 14 nitrogen and oxygen atoms in total. The van der Waals surface area contributed by atoms with Gasteiger partial charge in [-0.3, -0.25) is 19.4 Å². The van der Waals surface area contributed by atoms with Crippen LogP contribution in [0.2, 0.25) is 0 Å². The second-order valence-electron chi connectivity index (χ2n) is 6.76. The van der Waals surface area contributed by atoms with Crippen LogP contribution >= 0.6 is 12.6 Å². The fourth-order valence-electron chi connectivity index (χ4n) is 2.48. The van der Waals surface area contributed by atoms with E-state index in [0.29, 0.717) is 25.1 Å². The molecule has 32 heavy (non-hydrogen) atoms. The van der Waals surface area contributed by atoms with Gasteiger partial charge in [-0.2, -0.15) is 12.6 Å². The molecular weight excluding hydrogens is 442 g/mol. The molecule has 0 aliphatic rings. The average Bonchev–Trinajstić information content (AvgIpc) is 3.25. The molecule has 0 bridgehead atoms. The number of carbonyl (C=O) groups is 4. The minimum Gasteiger partial charge on any atom is -0.480 e. The number of nitrogens with two attached hydrogens (primary N) is 3. The van der Waals surface area contributed by atoms with Crippen molar-refractivity contribution in [2.24, 2.45) is 22.2 Å². The first-order chi connectivity index (χ1) is 15.1. The van der Waals surface area contributed by atoms with E-state index in [2.05, 4.69) is 43.5 Å². The maximum Gasteiger partial charge on any atom is 0.326 e. The van der Waals surface area contributed by atoms with Gasteiger partial charge in [0.05, 0.1) is 18.9 Å². The highest BCUT2D eigenvalue weighted by Gasteiger charge is 2.24. The van der Waals surface area contributed by atoms with Crippen LogP contribution in [0.25, 0.3) is 0 Å². The molecule has 3 atom stereocenters. The second kappa shape index (κ2) is 13.9. The molecule has 11 N–H and O–H groups in total. The van der Waals surface area contributed by atoms with Crippen LogP contribution in [-0.2, 0) is 25.6 Å². The Hall–Kier alpha value is -3.33. The van der Waals surface area contributed by atoms with Crippen molar-refractivity contribution >= 4 is 42.3 Å². The Morgan fingerprint density at radius 1 is 1.19 bits per heavy atom. The molecule has 3 unspecified atom stereocenters. The number of guanidine groups is 1. The fourth-order valence-corrected chi connectivity index (χ4v) is 2.73. The molecule has 1 aromatic rings. The van der Waals surface area contributed by atoms with Gasteiger partial charge in [-0.05, 0) is 12.8 Å². The summed E-state index contributed by atoms with van der Waals surface area (Å²) >= 11 is 4.03. The number of thiol groups is 1. The summed E-state index contributed by atoms with van der Waals surface area (Å²) < 4.78 is 0. The van der Waals surface area contributed by atoms with E-state index in [9.17, 15) is 24.3 Å². The summed E-state index contributed by atoms with van der Waals surface area (Å²) in [4.78, 5) is 58.2. The lowest BCUT2D eigenvalue weighted by Gasteiger charge is -2.19. The zero-order valence-corrected chi connectivity index (χ0v) is 18.2. The van der Waals surface area contributed by atoms with Gasteiger partial charge in [0, 0.05) is 30.6 Å². The lowest BCUT2D eigenvalue weighted by Crippen LogP contribution is -2.54. The molecular formula is C17H29N9O5S. The van der Waals surface area contributed by atoms with E-state index in [-0.39, 0.29) is 18.1 Å². The number of aliphatic carboxylic acids is 1. The van der Waals surface area contributed by atoms with E-state index in [1.54, 1.807) is 0 Å². The Labute approximate surface area is 189 Å². The van der Waals surface area contributed by atoms with E-state index in [1.165, 1.54) is 12.5 Å². The molecule has 0 spiro atoms. The van der Waals surface area contributed by atoms with Crippen molar-refractivity contribution in [3.8, 4) is 0 Å². The number of H-pyrrole nitrogens is 1. The zero-order chi connectivity index (χ0) is 24.1. The van der Waals surface area contributed by atoms with E-state index in [1.807, 2.05) is 0 Å². The van der Waals surface area contributed by atoms with E-state index >= 15 is 0 Å². The molecule has 15 heteroatoms. The maximum atomic E-state index is 12.3. The van der Waals surface area contributed by atoms with Crippen LogP contribution in [-0.4, -0.2) is 81.7 Å². The molecule has 0 aliphatic heterocycles. The molecule has 0 aliphatic carbocycles. The summed E-state index contributed by atoms with van der Waals surface area (Å²) in [7, 11) is 0. The summed E-state index contributed by atoms with van der Waals surface area (Å²) in [6.45, 7) is -0.178. The van der Waals surface area contributed by atoms with Gasteiger partial charge in [0.15, 0.2) is 5.96 Å². The molecule has 178 valence electrons. The lowest BCUT2D eigenvalue weighted by atomic mass is 10.1. The predicted octanol–water partition coefficient (Wildman–Crippen LogP) is -3.57. The molecule has 1 rings (SSSR count). The van der Waals surface area contributed by atoms with Gasteiger partial charge in [0.2, 0.25) is 17.7 Å². The molecule has 3 amide bonds. The van der Waals surface area contributed by atoms with Crippen LogP contribution in [0.1, 0.15) is 18.5 Å². The SMILES string of the molecule is NC(N)=NCCCC(N)C(=O)NC(CS)C(=O)NCC(=O)NC(Cc1cnc[nH]1)C(=O)O. The topological polar surface area (TPSA) is 244 Å². The Balaban J connectivity index is 2.47. The van der Waals surface area contributed by atoms with Gasteiger partial charge in [0.1, 0.15) is 12.1 Å². The monoisotopic (exact) mass is 471 g/mol. The third kappa shape index (κ3) is 10.1. The van der Waals surface area contributed by atoms with Crippen molar-refractivity contribution in [1.29, 1.82) is 0 Å². The van der Waals surface area contributed by atoms with Crippen molar-refractivity contribution in [3.05, 3.63) is 18.2 Å².